The first kappa shape index (κ1) is 10.6. The van der Waals surface area contributed by atoms with Crippen molar-refractivity contribution >= 4 is 16.7 Å². The second-order valence-electron chi connectivity index (χ2n) is 2.56. The summed E-state index contributed by atoms with van der Waals surface area (Å²) >= 11 is 0. The lowest BCUT2D eigenvalue weighted by Crippen LogP contribution is -2.36. The van der Waals surface area contributed by atoms with Crippen LogP contribution in [0.25, 0.3) is 0 Å². The number of hydrogen-bond acceptors (Lipinski definition) is 3. The molecular weight excluding hydrogens is 164 g/mol. The van der Waals surface area contributed by atoms with Crippen molar-refractivity contribution in [3.63, 3.8) is 0 Å². The summed E-state index contributed by atoms with van der Waals surface area (Å²) in [6.45, 7) is 3.49. The van der Waals surface area contributed by atoms with Crippen LogP contribution >= 0.6 is 0 Å². The van der Waals surface area contributed by atoms with E-state index in [-0.39, 0.29) is 17.0 Å². The molecule has 5 heteroatoms. The van der Waals surface area contributed by atoms with E-state index in [0.717, 1.165) is 0 Å². The van der Waals surface area contributed by atoms with E-state index < -0.39 is 16.7 Å². The number of hydrogen-bond donors (Lipinski definition) is 2. The van der Waals surface area contributed by atoms with Gasteiger partial charge in [-0.1, -0.05) is 0 Å². The molecule has 0 radical (unpaired) electrons. The second kappa shape index (κ2) is 4.46. The van der Waals surface area contributed by atoms with Gasteiger partial charge in [-0.05, 0) is 13.8 Å². The molecule has 0 aromatic heterocycles. The Hall–Kier alpha value is -0.420. The summed E-state index contributed by atoms with van der Waals surface area (Å²) < 4.78 is 11.1. The van der Waals surface area contributed by atoms with Crippen molar-refractivity contribution < 1.29 is 9.00 Å². The molecule has 0 saturated carbocycles. The van der Waals surface area contributed by atoms with Gasteiger partial charge in [0, 0.05) is 22.1 Å². The van der Waals surface area contributed by atoms with Gasteiger partial charge in [0.1, 0.15) is 5.75 Å². The number of amides is 1. The summed E-state index contributed by atoms with van der Waals surface area (Å²) in [4.78, 5) is 10.3. The molecule has 4 N–H and O–H groups in total. The zero-order valence-corrected chi connectivity index (χ0v) is 7.56. The van der Waals surface area contributed by atoms with Crippen LogP contribution in [0.5, 0.6) is 0 Å². The minimum absolute atomic E-state index is 0.0945. The fraction of sp³-hybridized carbons (Fsp3) is 0.833. The van der Waals surface area contributed by atoms with E-state index in [1.807, 2.05) is 0 Å². The lowest BCUT2D eigenvalue weighted by molar-refractivity contribution is -0.115. The topological polar surface area (TPSA) is 86.2 Å². The SMILES string of the molecule is CC(N)C(C)S(=O)CC(N)=O. The van der Waals surface area contributed by atoms with Gasteiger partial charge in [-0.2, -0.15) is 0 Å². The minimum atomic E-state index is -1.22. The van der Waals surface area contributed by atoms with Gasteiger partial charge >= 0.3 is 0 Å². The van der Waals surface area contributed by atoms with Gasteiger partial charge in [-0.3, -0.25) is 9.00 Å². The molecule has 0 aromatic carbocycles. The Balaban J connectivity index is 3.93. The number of primary amides is 1. The molecule has 3 atom stereocenters. The van der Waals surface area contributed by atoms with Crippen molar-refractivity contribution in [1.29, 1.82) is 0 Å². The van der Waals surface area contributed by atoms with Gasteiger partial charge in [0.2, 0.25) is 5.91 Å². The van der Waals surface area contributed by atoms with Crippen molar-refractivity contribution in [2.24, 2.45) is 11.5 Å². The van der Waals surface area contributed by atoms with E-state index in [4.69, 9.17) is 11.5 Å². The van der Waals surface area contributed by atoms with Crippen LogP contribution in [0.3, 0.4) is 0 Å². The molecule has 0 heterocycles. The molecule has 1 amide bonds. The summed E-state index contributed by atoms with van der Waals surface area (Å²) in [7, 11) is -1.22. The van der Waals surface area contributed by atoms with Crippen molar-refractivity contribution in [2.75, 3.05) is 5.75 Å². The second-order valence-corrected chi connectivity index (χ2v) is 4.35. The highest BCUT2D eigenvalue weighted by molar-refractivity contribution is 7.86. The van der Waals surface area contributed by atoms with Gasteiger partial charge in [-0.25, -0.2) is 0 Å². The third-order valence-electron chi connectivity index (χ3n) is 1.44. The van der Waals surface area contributed by atoms with Gasteiger partial charge in [0.05, 0.1) is 0 Å². The van der Waals surface area contributed by atoms with Crippen LogP contribution in [0.2, 0.25) is 0 Å². The fourth-order valence-corrected chi connectivity index (χ4v) is 1.53. The van der Waals surface area contributed by atoms with Crippen LogP contribution in [0.4, 0.5) is 0 Å². The van der Waals surface area contributed by atoms with Crippen LogP contribution in [0.1, 0.15) is 13.8 Å². The molecule has 3 unspecified atom stereocenters. The third-order valence-corrected chi connectivity index (χ3v) is 3.27. The van der Waals surface area contributed by atoms with Crippen molar-refractivity contribution in [2.45, 2.75) is 25.1 Å². The zero-order chi connectivity index (χ0) is 9.02. The van der Waals surface area contributed by atoms with Crippen molar-refractivity contribution in [3.05, 3.63) is 0 Å². The van der Waals surface area contributed by atoms with Gasteiger partial charge in [0.25, 0.3) is 0 Å². The molecule has 66 valence electrons. The third kappa shape index (κ3) is 4.10. The van der Waals surface area contributed by atoms with Crippen LogP contribution in [0, 0.1) is 0 Å². The van der Waals surface area contributed by atoms with E-state index in [1.54, 1.807) is 13.8 Å². The largest absolute Gasteiger partial charge is 0.369 e. The first-order chi connectivity index (χ1) is 4.95. The van der Waals surface area contributed by atoms with Crippen LogP contribution in [0.15, 0.2) is 0 Å². The van der Waals surface area contributed by atoms with E-state index in [1.165, 1.54) is 0 Å². The molecule has 0 aliphatic carbocycles. The molecular formula is C6H14N2O2S. The Bertz CT molecular complexity index is 170. The van der Waals surface area contributed by atoms with Crippen LogP contribution in [-0.2, 0) is 15.6 Å². The number of carbonyl (C=O) groups excluding carboxylic acids is 1. The molecule has 0 aliphatic heterocycles. The Labute approximate surface area is 68.8 Å². The summed E-state index contributed by atoms with van der Waals surface area (Å²) in [5.41, 5.74) is 10.3. The quantitative estimate of drug-likeness (QED) is 0.576. The highest BCUT2D eigenvalue weighted by atomic mass is 32.2. The minimum Gasteiger partial charge on any atom is -0.369 e. The number of carbonyl (C=O) groups is 1. The maximum Gasteiger partial charge on any atom is 0.230 e. The lowest BCUT2D eigenvalue weighted by Gasteiger charge is -2.13. The average Bonchev–Trinajstić information content (AvgIpc) is 1.84. The molecule has 0 spiro atoms. The van der Waals surface area contributed by atoms with E-state index >= 15 is 0 Å². The number of rotatable bonds is 4. The Morgan fingerprint density at radius 2 is 2.00 bits per heavy atom. The standard InChI is InChI=1S/C6H14N2O2S/c1-4(7)5(2)11(10)3-6(8)9/h4-5H,3,7H2,1-2H3,(H2,8,9). The summed E-state index contributed by atoms with van der Waals surface area (Å²) in [5, 5.41) is -0.178. The first-order valence-electron chi connectivity index (χ1n) is 3.36. The van der Waals surface area contributed by atoms with Gasteiger partial charge in [-0.15, -0.1) is 0 Å². The summed E-state index contributed by atoms with van der Waals surface area (Å²) in [6.07, 6.45) is 0. The highest BCUT2D eigenvalue weighted by Crippen LogP contribution is 1.99. The Morgan fingerprint density at radius 3 is 2.27 bits per heavy atom. The maximum atomic E-state index is 11.1. The predicted molar refractivity (Wildman–Crippen MR) is 45.3 cm³/mol. The van der Waals surface area contributed by atoms with Crippen LogP contribution in [-0.4, -0.2) is 27.2 Å². The van der Waals surface area contributed by atoms with E-state index in [9.17, 15) is 9.00 Å². The highest BCUT2D eigenvalue weighted by Gasteiger charge is 2.16. The molecule has 0 saturated heterocycles. The smallest absolute Gasteiger partial charge is 0.230 e. The van der Waals surface area contributed by atoms with Crippen molar-refractivity contribution in [3.8, 4) is 0 Å². The maximum absolute atomic E-state index is 11.1. The molecule has 0 rings (SSSR count). The summed E-state index contributed by atoms with van der Waals surface area (Å²) in [6, 6.07) is -0.171. The monoisotopic (exact) mass is 178 g/mol. The average molecular weight is 178 g/mol. The Morgan fingerprint density at radius 1 is 1.55 bits per heavy atom. The van der Waals surface area contributed by atoms with E-state index in [2.05, 4.69) is 0 Å². The fourth-order valence-electron chi connectivity index (χ4n) is 0.511. The van der Waals surface area contributed by atoms with E-state index in [0.29, 0.717) is 0 Å². The lowest BCUT2D eigenvalue weighted by atomic mass is 10.3. The molecule has 0 bridgehead atoms. The van der Waals surface area contributed by atoms with Gasteiger partial charge in [0.15, 0.2) is 0 Å². The molecule has 0 aromatic rings. The zero-order valence-electron chi connectivity index (χ0n) is 6.74. The summed E-state index contributed by atoms with van der Waals surface area (Å²) in [5.74, 6) is -0.640. The molecule has 0 aliphatic rings. The van der Waals surface area contributed by atoms with Crippen LogP contribution < -0.4 is 11.5 Å². The molecule has 11 heavy (non-hydrogen) atoms. The van der Waals surface area contributed by atoms with Crippen molar-refractivity contribution in [1.82, 2.24) is 0 Å². The molecule has 4 nitrogen and oxygen atoms in total. The normalized spacial score (nSPS) is 18.8. The molecule has 0 fully saturated rings. The van der Waals surface area contributed by atoms with Gasteiger partial charge < -0.3 is 11.5 Å². The predicted octanol–water partition coefficient (Wildman–Crippen LogP) is -1.04. The number of nitrogens with two attached hydrogens (primary N) is 2. The Kier molecular flexibility index (Phi) is 4.29. The first-order valence-corrected chi connectivity index (χ1v) is 4.74.